The van der Waals surface area contributed by atoms with E-state index in [1.165, 1.54) is 4.90 Å². The van der Waals surface area contributed by atoms with Gasteiger partial charge in [0.2, 0.25) is 0 Å². The lowest BCUT2D eigenvalue weighted by molar-refractivity contribution is -0.906. The maximum atomic E-state index is 13.4. The van der Waals surface area contributed by atoms with Gasteiger partial charge in [-0.3, -0.25) is 9.69 Å². The Morgan fingerprint density at radius 2 is 2.04 bits per heavy atom. The fourth-order valence-corrected chi connectivity index (χ4v) is 4.34. The first kappa shape index (κ1) is 18.9. The number of morpholine rings is 1. The molecule has 1 fully saturated rings. The molecule has 0 spiro atoms. The number of ether oxygens (including phenoxy) is 2. The summed E-state index contributed by atoms with van der Waals surface area (Å²) < 4.78 is 11.8. The molecule has 0 unspecified atom stereocenters. The van der Waals surface area contributed by atoms with Crippen LogP contribution in [0.5, 0.6) is 5.75 Å². The Labute approximate surface area is 168 Å². The smallest absolute Gasteiger partial charge is 0.260 e. The molecule has 0 aliphatic carbocycles. The van der Waals surface area contributed by atoms with Gasteiger partial charge in [0.05, 0.1) is 43.6 Å². The average Bonchev–Trinajstić information content (AvgIpc) is 3.18. The number of para-hydroxylation sites is 1. The number of quaternary nitrogens is 1. The summed E-state index contributed by atoms with van der Waals surface area (Å²) in [5, 5.41) is 0.738. The van der Waals surface area contributed by atoms with Crippen LogP contribution in [-0.2, 0) is 4.74 Å². The minimum atomic E-state index is -0.0504. The number of fused-ring (bicyclic) bond motifs is 1. The number of amides is 1. The van der Waals surface area contributed by atoms with Crippen LogP contribution in [-0.4, -0.2) is 57.4 Å². The largest absolute Gasteiger partial charge is 0.497 e. The van der Waals surface area contributed by atoms with Crippen molar-refractivity contribution in [2.24, 2.45) is 0 Å². The quantitative estimate of drug-likeness (QED) is 0.689. The second-order valence-electron chi connectivity index (χ2n) is 6.77. The zero-order valence-corrected chi connectivity index (χ0v) is 16.7. The first-order valence-corrected chi connectivity index (χ1v) is 10.3. The van der Waals surface area contributed by atoms with Gasteiger partial charge in [-0.05, 0) is 30.3 Å². The van der Waals surface area contributed by atoms with E-state index in [9.17, 15) is 4.79 Å². The number of hydrogen-bond donors (Lipinski definition) is 1. The molecule has 3 aromatic rings. The number of thiazole rings is 1. The molecule has 0 saturated carbocycles. The highest BCUT2D eigenvalue weighted by Gasteiger charge is 2.24. The molecule has 1 N–H and O–H groups in total. The van der Waals surface area contributed by atoms with Crippen LogP contribution in [0.25, 0.3) is 10.2 Å². The van der Waals surface area contributed by atoms with E-state index in [0.717, 1.165) is 48.2 Å². The van der Waals surface area contributed by atoms with Crippen LogP contribution in [0.3, 0.4) is 0 Å². The van der Waals surface area contributed by atoms with Crippen molar-refractivity contribution in [1.29, 1.82) is 0 Å². The Morgan fingerprint density at radius 1 is 1.21 bits per heavy atom. The Balaban J connectivity index is 1.62. The molecule has 7 heteroatoms. The molecule has 1 aromatic heterocycles. The lowest BCUT2D eigenvalue weighted by Crippen LogP contribution is -3.14. The summed E-state index contributed by atoms with van der Waals surface area (Å²) in [6.45, 7) is 4.99. The number of nitrogens with zero attached hydrogens (tertiary/aromatic N) is 2. The van der Waals surface area contributed by atoms with Gasteiger partial charge in [-0.2, -0.15) is 0 Å². The monoisotopic (exact) mass is 398 g/mol. The van der Waals surface area contributed by atoms with E-state index in [4.69, 9.17) is 14.5 Å². The third kappa shape index (κ3) is 4.16. The van der Waals surface area contributed by atoms with E-state index in [2.05, 4.69) is 0 Å². The molecule has 28 heavy (non-hydrogen) atoms. The first-order chi connectivity index (χ1) is 13.7. The molecule has 146 valence electrons. The summed E-state index contributed by atoms with van der Waals surface area (Å²) in [6, 6.07) is 15.3. The van der Waals surface area contributed by atoms with E-state index in [0.29, 0.717) is 17.9 Å². The predicted octanol–water partition coefficient (Wildman–Crippen LogP) is 1.87. The molecule has 1 amide bonds. The Hall–Kier alpha value is -2.48. The summed E-state index contributed by atoms with van der Waals surface area (Å²) in [7, 11) is 1.61. The van der Waals surface area contributed by atoms with Gasteiger partial charge >= 0.3 is 0 Å². The van der Waals surface area contributed by atoms with Gasteiger partial charge < -0.3 is 14.4 Å². The Morgan fingerprint density at radius 3 is 2.82 bits per heavy atom. The highest BCUT2D eigenvalue weighted by Crippen LogP contribution is 2.29. The Kier molecular flexibility index (Phi) is 5.85. The van der Waals surface area contributed by atoms with Crippen LogP contribution in [0, 0.1) is 0 Å². The van der Waals surface area contributed by atoms with Crippen LogP contribution in [0.15, 0.2) is 48.5 Å². The van der Waals surface area contributed by atoms with Crippen LogP contribution in [0.1, 0.15) is 10.4 Å². The van der Waals surface area contributed by atoms with Gasteiger partial charge in [0.1, 0.15) is 18.8 Å². The SMILES string of the molecule is COc1cccc(C(=O)N(CC[NH+]2CCOCC2)c2nc3ccccc3s2)c1. The third-order valence-corrected chi connectivity index (χ3v) is 6.02. The van der Waals surface area contributed by atoms with E-state index < -0.39 is 0 Å². The Bertz CT molecular complexity index is 920. The number of nitrogens with one attached hydrogen (secondary N) is 1. The molecule has 1 aliphatic rings. The number of hydrogen-bond acceptors (Lipinski definition) is 5. The highest BCUT2D eigenvalue weighted by atomic mass is 32.1. The van der Waals surface area contributed by atoms with Gasteiger partial charge in [-0.25, -0.2) is 4.98 Å². The van der Waals surface area contributed by atoms with E-state index >= 15 is 0 Å². The van der Waals surface area contributed by atoms with Crippen LogP contribution in [0.2, 0.25) is 0 Å². The zero-order chi connectivity index (χ0) is 19.3. The molecule has 0 atom stereocenters. The summed E-state index contributed by atoms with van der Waals surface area (Å²) in [5.41, 5.74) is 1.53. The molecular formula is C21H24N3O3S+. The normalized spacial score (nSPS) is 14.9. The zero-order valence-electron chi connectivity index (χ0n) is 15.9. The number of carbonyl (C=O) groups excluding carboxylic acids is 1. The number of rotatable bonds is 6. The second-order valence-corrected chi connectivity index (χ2v) is 7.77. The standard InChI is InChI=1S/C21H23N3O3S/c1-26-17-6-4-5-16(15-17)20(25)24(10-9-23-11-13-27-14-12-23)21-22-18-7-2-3-8-19(18)28-21/h2-8,15H,9-14H2,1H3/p+1. The van der Waals surface area contributed by atoms with Crippen molar-refractivity contribution in [3.05, 3.63) is 54.1 Å². The topological polar surface area (TPSA) is 56.1 Å². The summed E-state index contributed by atoms with van der Waals surface area (Å²) in [6.07, 6.45) is 0. The van der Waals surface area contributed by atoms with Crippen molar-refractivity contribution in [2.75, 3.05) is 51.4 Å². The minimum absolute atomic E-state index is 0.0504. The maximum absolute atomic E-state index is 13.4. The van der Waals surface area contributed by atoms with E-state index in [-0.39, 0.29) is 5.91 Å². The molecule has 6 nitrogen and oxygen atoms in total. The first-order valence-electron chi connectivity index (χ1n) is 9.47. The molecule has 1 saturated heterocycles. The summed E-state index contributed by atoms with van der Waals surface area (Å²) in [4.78, 5) is 21.4. The number of anilines is 1. The fraction of sp³-hybridized carbons (Fsp3) is 0.333. The van der Waals surface area contributed by atoms with Gasteiger partial charge in [0, 0.05) is 5.56 Å². The van der Waals surface area contributed by atoms with Crippen molar-refractivity contribution >= 4 is 32.6 Å². The summed E-state index contributed by atoms with van der Waals surface area (Å²) in [5.74, 6) is 0.625. The molecule has 2 heterocycles. The average molecular weight is 399 g/mol. The minimum Gasteiger partial charge on any atom is -0.497 e. The molecule has 4 rings (SSSR count). The van der Waals surface area contributed by atoms with Gasteiger partial charge in [-0.1, -0.05) is 29.5 Å². The van der Waals surface area contributed by atoms with Crippen LogP contribution >= 0.6 is 11.3 Å². The fourth-order valence-electron chi connectivity index (χ4n) is 3.35. The van der Waals surface area contributed by atoms with Crippen molar-refractivity contribution in [3.8, 4) is 5.75 Å². The predicted molar refractivity (Wildman–Crippen MR) is 111 cm³/mol. The third-order valence-electron chi connectivity index (χ3n) is 4.96. The molecule has 0 bridgehead atoms. The lowest BCUT2D eigenvalue weighted by atomic mass is 10.2. The van der Waals surface area contributed by atoms with E-state index in [1.807, 2.05) is 47.4 Å². The molecule has 2 aromatic carbocycles. The van der Waals surface area contributed by atoms with Crippen LogP contribution < -0.4 is 14.5 Å². The van der Waals surface area contributed by atoms with Gasteiger partial charge in [-0.15, -0.1) is 0 Å². The van der Waals surface area contributed by atoms with Crippen LogP contribution in [0.4, 0.5) is 5.13 Å². The molecular weight excluding hydrogens is 374 g/mol. The molecule has 1 aliphatic heterocycles. The number of aromatic nitrogens is 1. The van der Waals surface area contributed by atoms with Gasteiger partial charge in [0.15, 0.2) is 5.13 Å². The highest BCUT2D eigenvalue weighted by molar-refractivity contribution is 7.22. The lowest BCUT2D eigenvalue weighted by Gasteiger charge is -2.27. The van der Waals surface area contributed by atoms with Crippen molar-refractivity contribution in [2.45, 2.75) is 0 Å². The maximum Gasteiger partial charge on any atom is 0.260 e. The van der Waals surface area contributed by atoms with Gasteiger partial charge in [0.25, 0.3) is 5.91 Å². The number of methoxy groups -OCH3 is 1. The number of carbonyl (C=O) groups is 1. The number of benzene rings is 2. The second kappa shape index (κ2) is 8.68. The molecule has 0 radical (unpaired) electrons. The van der Waals surface area contributed by atoms with E-state index in [1.54, 1.807) is 24.5 Å². The summed E-state index contributed by atoms with van der Waals surface area (Å²) >= 11 is 1.55. The van der Waals surface area contributed by atoms with Crippen molar-refractivity contribution in [3.63, 3.8) is 0 Å². The van der Waals surface area contributed by atoms with Crippen molar-refractivity contribution in [1.82, 2.24) is 4.98 Å². The van der Waals surface area contributed by atoms with Crippen molar-refractivity contribution < 1.29 is 19.2 Å².